The number of nitrogens with zero attached hydrogens (tertiary/aromatic N) is 1. The van der Waals surface area contributed by atoms with Gasteiger partial charge in [-0.05, 0) is 30.3 Å². The molecule has 2 aromatic carbocycles. The van der Waals surface area contributed by atoms with Gasteiger partial charge in [0.1, 0.15) is 11.5 Å². The molecule has 0 saturated carbocycles. The number of methoxy groups -OCH3 is 1. The van der Waals surface area contributed by atoms with Gasteiger partial charge in [0, 0.05) is 30.8 Å². The Hall–Kier alpha value is -2.74. The third-order valence-electron chi connectivity index (χ3n) is 4.34. The number of halogens is 3. The van der Waals surface area contributed by atoms with Crippen LogP contribution < -0.4 is 14.8 Å². The van der Waals surface area contributed by atoms with Crippen LogP contribution in [-0.4, -0.2) is 43.9 Å². The number of para-hydroxylation sites is 1. The van der Waals surface area contributed by atoms with Gasteiger partial charge < -0.3 is 19.7 Å². The van der Waals surface area contributed by atoms with Gasteiger partial charge in [0.15, 0.2) is 0 Å². The number of ether oxygens (including phenoxy) is 2. The maximum atomic E-state index is 13.0. The molecule has 1 amide bonds. The number of amides is 1. The van der Waals surface area contributed by atoms with Crippen molar-refractivity contribution in [2.24, 2.45) is 0 Å². The van der Waals surface area contributed by atoms with Crippen LogP contribution in [0.15, 0.2) is 48.5 Å². The smallest absolute Gasteiger partial charge is 0.496 e. The van der Waals surface area contributed by atoms with Crippen LogP contribution in [0.4, 0.5) is 13.2 Å². The lowest BCUT2D eigenvalue weighted by atomic mass is 10.0. The number of carbonyl (C=O) groups excluding carboxylic acids is 1. The number of rotatable bonds is 4. The van der Waals surface area contributed by atoms with Gasteiger partial charge in [-0.3, -0.25) is 4.79 Å². The molecule has 8 heteroatoms. The standard InChI is InChI=1S/C19H19F3N2O3/c1-26-17-5-3-2-4-15(17)16-12-23-10-11-24(16)18(25)13-6-8-14(9-7-13)27-19(20,21)22/h2-9,16,23H,10-12H2,1H3. The molecule has 1 fully saturated rings. The molecule has 1 atom stereocenters. The average Bonchev–Trinajstić information content (AvgIpc) is 2.67. The van der Waals surface area contributed by atoms with Gasteiger partial charge in [0.2, 0.25) is 0 Å². The second-order valence-corrected chi connectivity index (χ2v) is 6.03. The van der Waals surface area contributed by atoms with E-state index in [4.69, 9.17) is 4.74 Å². The quantitative estimate of drug-likeness (QED) is 0.884. The Kier molecular flexibility index (Phi) is 5.55. The van der Waals surface area contributed by atoms with E-state index < -0.39 is 6.36 Å². The Balaban J connectivity index is 1.83. The minimum Gasteiger partial charge on any atom is -0.496 e. The van der Waals surface area contributed by atoms with E-state index in [1.807, 2.05) is 24.3 Å². The summed E-state index contributed by atoms with van der Waals surface area (Å²) in [5.41, 5.74) is 1.17. The average molecular weight is 380 g/mol. The minimum absolute atomic E-state index is 0.242. The van der Waals surface area contributed by atoms with Gasteiger partial charge in [0.05, 0.1) is 13.2 Å². The van der Waals surface area contributed by atoms with Crippen LogP contribution >= 0.6 is 0 Å². The summed E-state index contributed by atoms with van der Waals surface area (Å²) in [6.07, 6.45) is -4.76. The molecule has 1 aliphatic heterocycles. The van der Waals surface area contributed by atoms with Crippen LogP contribution in [-0.2, 0) is 0 Å². The van der Waals surface area contributed by atoms with Gasteiger partial charge in [-0.15, -0.1) is 13.2 Å². The minimum atomic E-state index is -4.76. The first-order chi connectivity index (χ1) is 12.9. The summed E-state index contributed by atoms with van der Waals surface area (Å²) in [7, 11) is 1.57. The number of piperazine rings is 1. The Morgan fingerprint density at radius 3 is 2.52 bits per heavy atom. The van der Waals surface area contributed by atoms with Gasteiger partial charge in [-0.1, -0.05) is 18.2 Å². The maximum Gasteiger partial charge on any atom is 0.573 e. The largest absolute Gasteiger partial charge is 0.573 e. The van der Waals surface area contributed by atoms with Crippen molar-refractivity contribution in [2.45, 2.75) is 12.4 Å². The lowest BCUT2D eigenvalue weighted by Gasteiger charge is -2.37. The molecule has 27 heavy (non-hydrogen) atoms. The van der Waals surface area contributed by atoms with Gasteiger partial charge in [0.25, 0.3) is 5.91 Å². The molecule has 1 unspecified atom stereocenters. The molecule has 0 aromatic heterocycles. The van der Waals surface area contributed by atoms with Crippen molar-refractivity contribution >= 4 is 5.91 Å². The number of carbonyl (C=O) groups is 1. The summed E-state index contributed by atoms with van der Waals surface area (Å²) in [5.74, 6) is 0.0597. The number of hydrogen-bond donors (Lipinski definition) is 1. The van der Waals surface area contributed by atoms with Crippen molar-refractivity contribution in [3.63, 3.8) is 0 Å². The first-order valence-electron chi connectivity index (χ1n) is 8.39. The monoisotopic (exact) mass is 380 g/mol. The Morgan fingerprint density at radius 1 is 1.15 bits per heavy atom. The second-order valence-electron chi connectivity index (χ2n) is 6.03. The molecule has 1 heterocycles. The fraction of sp³-hybridized carbons (Fsp3) is 0.316. The van der Waals surface area contributed by atoms with E-state index in [2.05, 4.69) is 10.1 Å². The van der Waals surface area contributed by atoms with Crippen LogP contribution in [0.5, 0.6) is 11.5 Å². The lowest BCUT2D eigenvalue weighted by Crippen LogP contribution is -2.48. The van der Waals surface area contributed by atoms with E-state index in [1.165, 1.54) is 12.1 Å². The molecular formula is C19H19F3N2O3. The second kappa shape index (κ2) is 7.87. The molecule has 1 aliphatic rings. The van der Waals surface area contributed by atoms with E-state index >= 15 is 0 Å². The van der Waals surface area contributed by atoms with Crippen LogP contribution in [0.3, 0.4) is 0 Å². The highest BCUT2D eigenvalue weighted by Gasteiger charge is 2.32. The summed E-state index contributed by atoms with van der Waals surface area (Å²) < 4.78 is 46.1. The maximum absolute atomic E-state index is 13.0. The summed E-state index contributed by atoms with van der Waals surface area (Å²) >= 11 is 0. The van der Waals surface area contributed by atoms with Crippen molar-refractivity contribution in [1.82, 2.24) is 10.2 Å². The normalized spacial score (nSPS) is 17.5. The van der Waals surface area contributed by atoms with Crippen molar-refractivity contribution in [3.8, 4) is 11.5 Å². The molecule has 0 radical (unpaired) electrons. The highest BCUT2D eigenvalue weighted by Crippen LogP contribution is 2.31. The zero-order chi connectivity index (χ0) is 19.4. The van der Waals surface area contributed by atoms with Crippen molar-refractivity contribution in [2.75, 3.05) is 26.7 Å². The molecule has 3 rings (SSSR count). The Labute approximate surface area is 154 Å². The first kappa shape index (κ1) is 19.0. The van der Waals surface area contributed by atoms with Crippen LogP contribution in [0.25, 0.3) is 0 Å². The molecule has 1 saturated heterocycles. The summed E-state index contributed by atoms with van der Waals surface area (Å²) in [6, 6.07) is 12.2. The van der Waals surface area contributed by atoms with E-state index in [0.717, 1.165) is 17.7 Å². The number of hydrogen-bond acceptors (Lipinski definition) is 4. The summed E-state index contributed by atoms with van der Waals surface area (Å²) in [6.45, 7) is 1.66. The van der Waals surface area contributed by atoms with Gasteiger partial charge >= 0.3 is 6.36 Å². The number of alkyl halides is 3. The summed E-state index contributed by atoms with van der Waals surface area (Å²) in [4.78, 5) is 14.7. The molecule has 1 N–H and O–H groups in total. The van der Waals surface area contributed by atoms with Crippen LogP contribution in [0.2, 0.25) is 0 Å². The molecule has 2 aromatic rings. The Bertz CT molecular complexity index is 794. The van der Waals surface area contributed by atoms with E-state index in [9.17, 15) is 18.0 Å². The molecule has 144 valence electrons. The van der Waals surface area contributed by atoms with E-state index in [0.29, 0.717) is 30.9 Å². The molecule has 0 bridgehead atoms. The lowest BCUT2D eigenvalue weighted by molar-refractivity contribution is -0.274. The summed E-state index contributed by atoms with van der Waals surface area (Å²) in [5, 5.41) is 3.26. The third-order valence-corrected chi connectivity index (χ3v) is 4.34. The van der Waals surface area contributed by atoms with Crippen molar-refractivity contribution < 1.29 is 27.4 Å². The van der Waals surface area contributed by atoms with Gasteiger partial charge in [-0.2, -0.15) is 0 Å². The zero-order valence-electron chi connectivity index (χ0n) is 14.6. The van der Waals surface area contributed by atoms with E-state index in [-0.39, 0.29) is 17.7 Å². The molecular weight excluding hydrogens is 361 g/mol. The van der Waals surface area contributed by atoms with Crippen molar-refractivity contribution in [1.29, 1.82) is 0 Å². The fourth-order valence-electron chi connectivity index (χ4n) is 3.13. The predicted molar refractivity (Wildman–Crippen MR) is 92.8 cm³/mol. The van der Waals surface area contributed by atoms with Crippen molar-refractivity contribution in [3.05, 3.63) is 59.7 Å². The number of benzene rings is 2. The highest BCUT2D eigenvalue weighted by atomic mass is 19.4. The highest BCUT2D eigenvalue weighted by molar-refractivity contribution is 5.94. The SMILES string of the molecule is COc1ccccc1C1CNCCN1C(=O)c1ccc(OC(F)(F)F)cc1. The van der Waals surface area contributed by atoms with Crippen LogP contribution in [0, 0.1) is 0 Å². The Morgan fingerprint density at radius 2 is 1.85 bits per heavy atom. The van der Waals surface area contributed by atoms with Gasteiger partial charge in [-0.25, -0.2) is 0 Å². The topological polar surface area (TPSA) is 50.8 Å². The first-order valence-corrected chi connectivity index (χ1v) is 8.39. The van der Waals surface area contributed by atoms with E-state index in [1.54, 1.807) is 12.0 Å². The van der Waals surface area contributed by atoms with Crippen LogP contribution in [0.1, 0.15) is 22.0 Å². The number of nitrogens with one attached hydrogen (secondary N) is 1. The predicted octanol–water partition coefficient (Wildman–Crippen LogP) is 3.38. The third kappa shape index (κ3) is 4.51. The molecule has 0 spiro atoms. The fourth-order valence-corrected chi connectivity index (χ4v) is 3.13. The molecule has 0 aliphatic carbocycles. The molecule has 5 nitrogen and oxygen atoms in total. The zero-order valence-corrected chi connectivity index (χ0v) is 14.6.